The minimum Gasteiger partial charge on any atom is -0.353 e. The van der Waals surface area contributed by atoms with E-state index >= 15 is 0 Å². The molecule has 6 heteroatoms. The summed E-state index contributed by atoms with van der Waals surface area (Å²) >= 11 is 0. The van der Waals surface area contributed by atoms with E-state index < -0.39 is 5.91 Å². The quantitative estimate of drug-likeness (QED) is 0.671. The summed E-state index contributed by atoms with van der Waals surface area (Å²) < 4.78 is 10.9. The third-order valence-corrected chi connectivity index (χ3v) is 3.42. The van der Waals surface area contributed by atoms with E-state index in [2.05, 4.69) is 0 Å². The molecule has 0 aromatic rings. The summed E-state index contributed by atoms with van der Waals surface area (Å²) in [6.45, 7) is 5.84. The first kappa shape index (κ1) is 14.3. The highest BCUT2D eigenvalue weighted by atomic mass is 16.7. The molecule has 2 amide bonds. The lowest BCUT2D eigenvalue weighted by Gasteiger charge is -2.34. The first-order valence-electron chi connectivity index (χ1n) is 7.03. The molecule has 0 aliphatic carbocycles. The molecule has 0 spiro atoms. The fraction of sp³-hybridized carbons (Fsp3) is 0.846. The standard InChI is InChI=1S/C13H22N2O4/c1-2-5-14-7-8-15(13(17)12(14)16)6-4-11-18-9-3-10-19-11/h11H,2-10H2,1H3. The average Bonchev–Trinajstić information content (AvgIpc) is 2.44. The second-order valence-corrected chi connectivity index (χ2v) is 4.90. The lowest BCUT2D eigenvalue weighted by Crippen LogP contribution is -2.54. The van der Waals surface area contributed by atoms with E-state index in [-0.39, 0.29) is 12.2 Å². The molecule has 0 bridgehead atoms. The van der Waals surface area contributed by atoms with Gasteiger partial charge in [-0.1, -0.05) is 6.92 Å². The van der Waals surface area contributed by atoms with Gasteiger partial charge in [-0.05, 0) is 12.8 Å². The van der Waals surface area contributed by atoms with Crippen molar-refractivity contribution in [2.45, 2.75) is 32.5 Å². The zero-order valence-electron chi connectivity index (χ0n) is 11.5. The summed E-state index contributed by atoms with van der Waals surface area (Å²) in [6, 6.07) is 0. The van der Waals surface area contributed by atoms with Crippen molar-refractivity contribution in [2.75, 3.05) is 39.4 Å². The Kier molecular flexibility index (Phi) is 5.15. The van der Waals surface area contributed by atoms with Crippen LogP contribution in [0.25, 0.3) is 0 Å². The molecule has 2 aliphatic rings. The number of carbonyl (C=O) groups excluding carboxylic acids is 2. The van der Waals surface area contributed by atoms with Gasteiger partial charge in [0.1, 0.15) is 0 Å². The third kappa shape index (κ3) is 3.67. The Balaban J connectivity index is 1.78. The number of rotatable bonds is 5. The number of hydrogen-bond donors (Lipinski definition) is 0. The van der Waals surface area contributed by atoms with E-state index in [1.807, 2.05) is 6.92 Å². The third-order valence-electron chi connectivity index (χ3n) is 3.42. The van der Waals surface area contributed by atoms with E-state index in [1.54, 1.807) is 9.80 Å². The van der Waals surface area contributed by atoms with Gasteiger partial charge in [-0.3, -0.25) is 9.59 Å². The average molecular weight is 270 g/mol. The van der Waals surface area contributed by atoms with E-state index in [0.717, 1.165) is 12.8 Å². The largest absolute Gasteiger partial charge is 0.353 e. The minimum absolute atomic E-state index is 0.231. The maximum absolute atomic E-state index is 11.9. The number of hydrogen-bond acceptors (Lipinski definition) is 4. The van der Waals surface area contributed by atoms with Gasteiger partial charge < -0.3 is 19.3 Å². The summed E-state index contributed by atoms with van der Waals surface area (Å²) in [7, 11) is 0. The van der Waals surface area contributed by atoms with Crippen LogP contribution in [0.1, 0.15) is 26.2 Å². The molecule has 2 aliphatic heterocycles. The summed E-state index contributed by atoms with van der Waals surface area (Å²) in [5.74, 6) is -0.769. The van der Waals surface area contributed by atoms with Crippen LogP contribution in [0.5, 0.6) is 0 Å². The number of nitrogens with zero attached hydrogens (tertiary/aromatic N) is 2. The van der Waals surface area contributed by atoms with Crippen molar-refractivity contribution in [1.29, 1.82) is 0 Å². The van der Waals surface area contributed by atoms with Crippen LogP contribution in [0.2, 0.25) is 0 Å². The van der Waals surface area contributed by atoms with Crippen molar-refractivity contribution in [3.05, 3.63) is 0 Å². The van der Waals surface area contributed by atoms with Crippen LogP contribution >= 0.6 is 0 Å². The molecule has 108 valence electrons. The van der Waals surface area contributed by atoms with E-state index in [9.17, 15) is 9.59 Å². The molecule has 0 aromatic carbocycles. The predicted molar refractivity (Wildman–Crippen MR) is 68.4 cm³/mol. The van der Waals surface area contributed by atoms with Gasteiger partial charge in [0.05, 0.1) is 13.2 Å². The van der Waals surface area contributed by atoms with Crippen LogP contribution in [0, 0.1) is 0 Å². The zero-order chi connectivity index (χ0) is 13.7. The highest BCUT2D eigenvalue weighted by Gasteiger charge is 2.32. The number of amides is 2. The zero-order valence-corrected chi connectivity index (χ0v) is 11.5. The van der Waals surface area contributed by atoms with Crippen LogP contribution in [0.4, 0.5) is 0 Å². The molecule has 0 aromatic heterocycles. The van der Waals surface area contributed by atoms with Gasteiger partial charge >= 0.3 is 11.8 Å². The van der Waals surface area contributed by atoms with Crippen molar-refractivity contribution >= 4 is 11.8 Å². The van der Waals surface area contributed by atoms with Crippen molar-refractivity contribution in [3.63, 3.8) is 0 Å². The van der Waals surface area contributed by atoms with Crippen molar-refractivity contribution in [3.8, 4) is 0 Å². The summed E-state index contributed by atoms with van der Waals surface area (Å²) in [6.07, 6.45) is 2.20. The Morgan fingerprint density at radius 3 is 2.21 bits per heavy atom. The molecule has 0 saturated carbocycles. The molecule has 2 saturated heterocycles. The number of ether oxygens (including phenoxy) is 2. The molecule has 0 radical (unpaired) electrons. The lowest BCUT2D eigenvalue weighted by atomic mass is 10.2. The Morgan fingerprint density at radius 2 is 1.63 bits per heavy atom. The van der Waals surface area contributed by atoms with Gasteiger partial charge in [0, 0.05) is 32.6 Å². The van der Waals surface area contributed by atoms with Crippen LogP contribution in [-0.2, 0) is 19.1 Å². The maximum atomic E-state index is 11.9. The summed E-state index contributed by atoms with van der Waals surface area (Å²) in [5.41, 5.74) is 0. The topological polar surface area (TPSA) is 59.1 Å². The molecule has 0 unspecified atom stereocenters. The molecule has 0 atom stereocenters. The van der Waals surface area contributed by atoms with Gasteiger partial charge in [-0.15, -0.1) is 0 Å². The van der Waals surface area contributed by atoms with Crippen molar-refractivity contribution < 1.29 is 19.1 Å². The predicted octanol–water partition coefficient (Wildman–Crippen LogP) is 0.220. The molecular weight excluding hydrogens is 248 g/mol. The van der Waals surface area contributed by atoms with Crippen molar-refractivity contribution in [1.82, 2.24) is 9.80 Å². The van der Waals surface area contributed by atoms with Crippen LogP contribution in [0.15, 0.2) is 0 Å². The summed E-state index contributed by atoms with van der Waals surface area (Å²) in [5, 5.41) is 0. The number of piperazine rings is 1. The SMILES string of the molecule is CCCN1CCN(CCC2OCCCO2)C(=O)C1=O. The van der Waals surface area contributed by atoms with E-state index in [0.29, 0.717) is 45.8 Å². The highest BCUT2D eigenvalue weighted by Crippen LogP contribution is 2.12. The minimum atomic E-state index is -0.393. The van der Waals surface area contributed by atoms with Crippen molar-refractivity contribution in [2.24, 2.45) is 0 Å². The van der Waals surface area contributed by atoms with Crippen LogP contribution in [-0.4, -0.2) is 67.3 Å². The van der Waals surface area contributed by atoms with Gasteiger partial charge in [-0.25, -0.2) is 0 Å². The van der Waals surface area contributed by atoms with Gasteiger partial charge in [0.25, 0.3) is 0 Å². The van der Waals surface area contributed by atoms with E-state index in [1.165, 1.54) is 0 Å². The van der Waals surface area contributed by atoms with E-state index in [4.69, 9.17) is 9.47 Å². The highest BCUT2D eigenvalue weighted by molar-refractivity contribution is 6.35. The molecule has 19 heavy (non-hydrogen) atoms. The fourth-order valence-corrected chi connectivity index (χ4v) is 2.38. The number of carbonyl (C=O) groups is 2. The van der Waals surface area contributed by atoms with Gasteiger partial charge in [0.15, 0.2) is 6.29 Å². The van der Waals surface area contributed by atoms with Crippen LogP contribution < -0.4 is 0 Å². The molecule has 2 heterocycles. The molecule has 2 rings (SSSR count). The first-order chi connectivity index (χ1) is 9.22. The molecule has 2 fully saturated rings. The fourth-order valence-electron chi connectivity index (χ4n) is 2.38. The molecule has 6 nitrogen and oxygen atoms in total. The smallest absolute Gasteiger partial charge is 0.312 e. The Bertz CT molecular complexity index is 329. The lowest BCUT2D eigenvalue weighted by molar-refractivity contribution is -0.184. The second kappa shape index (κ2) is 6.86. The monoisotopic (exact) mass is 270 g/mol. The Morgan fingerprint density at radius 1 is 1.05 bits per heavy atom. The first-order valence-corrected chi connectivity index (χ1v) is 7.03. The Labute approximate surface area is 113 Å². The second-order valence-electron chi connectivity index (χ2n) is 4.90. The normalized spacial score (nSPS) is 22.2. The maximum Gasteiger partial charge on any atom is 0.312 e. The van der Waals surface area contributed by atoms with Gasteiger partial charge in [0.2, 0.25) is 0 Å². The van der Waals surface area contributed by atoms with Crippen LogP contribution in [0.3, 0.4) is 0 Å². The Hall–Kier alpha value is -1.14. The van der Waals surface area contributed by atoms with Gasteiger partial charge in [-0.2, -0.15) is 0 Å². The summed E-state index contributed by atoms with van der Waals surface area (Å²) in [4.78, 5) is 27.0. The molecular formula is C13H22N2O4. The molecule has 0 N–H and O–H groups in total.